The molecule has 25 heavy (non-hydrogen) atoms. The standard InChI is InChI=1S/C20H23ClN2O2/c1-15-14-18(8-9-19(15)21)25-16(2)20(24)23-12-10-22(11-13-23)17-6-4-3-5-7-17/h3-9,14,16H,10-13H2,1-2H3/t16-/m1/s1. The molecule has 2 aromatic carbocycles. The molecule has 0 aromatic heterocycles. The lowest BCUT2D eigenvalue weighted by atomic mass is 10.2. The minimum absolute atomic E-state index is 0.0281. The van der Waals surface area contributed by atoms with Crippen molar-refractivity contribution in [3.8, 4) is 5.75 Å². The highest BCUT2D eigenvalue weighted by molar-refractivity contribution is 6.31. The first kappa shape index (κ1) is 17.6. The Kier molecular flexibility index (Phi) is 5.49. The van der Waals surface area contributed by atoms with Crippen molar-refractivity contribution in [2.24, 2.45) is 0 Å². The summed E-state index contributed by atoms with van der Waals surface area (Å²) in [7, 11) is 0. The summed E-state index contributed by atoms with van der Waals surface area (Å²) >= 11 is 6.03. The van der Waals surface area contributed by atoms with Gasteiger partial charge in [0.15, 0.2) is 6.10 Å². The summed E-state index contributed by atoms with van der Waals surface area (Å²) in [5.41, 5.74) is 2.14. The molecule has 0 radical (unpaired) electrons. The molecule has 0 N–H and O–H groups in total. The third-order valence-electron chi connectivity index (χ3n) is 4.50. The normalized spacial score (nSPS) is 15.8. The summed E-state index contributed by atoms with van der Waals surface area (Å²) in [6, 6.07) is 15.8. The first-order valence-electron chi connectivity index (χ1n) is 8.56. The molecule has 0 saturated carbocycles. The van der Waals surface area contributed by atoms with E-state index in [4.69, 9.17) is 16.3 Å². The van der Waals surface area contributed by atoms with Gasteiger partial charge < -0.3 is 14.5 Å². The van der Waals surface area contributed by atoms with Gasteiger partial charge >= 0.3 is 0 Å². The van der Waals surface area contributed by atoms with Crippen molar-refractivity contribution in [1.29, 1.82) is 0 Å². The van der Waals surface area contributed by atoms with E-state index in [1.54, 1.807) is 19.1 Å². The van der Waals surface area contributed by atoms with Gasteiger partial charge in [0.2, 0.25) is 0 Å². The van der Waals surface area contributed by atoms with Gasteiger partial charge in [-0.3, -0.25) is 4.79 Å². The highest BCUT2D eigenvalue weighted by Crippen LogP contribution is 2.22. The quantitative estimate of drug-likeness (QED) is 0.834. The van der Waals surface area contributed by atoms with Crippen LogP contribution in [0.2, 0.25) is 5.02 Å². The van der Waals surface area contributed by atoms with Gasteiger partial charge in [-0.2, -0.15) is 0 Å². The molecule has 1 atom stereocenters. The fraction of sp³-hybridized carbons (Fsp3) is 0.350. The van der Waals surface area contributed by atoms with E-state index < -0.39 is 6.10 Å². The van der Waals surface area contributed by atoms with E-state index in [1.807, 2.05) is 36.1 Å². The maximum absolute atomic E-state index is 12.7. The summed E-state index contributed by atoms with van der Waals surface area (Å²) in [6.07, 6.45) is -0.510. The monoisotopic (exact) mass is 358 g/mol. The molecule has 0 unspecified atom stereocenters. The van der Waals surface area contributed by atoms with Crippen molar-refractivity contribution < 1.29 is 9.53 Å². The number of halogens is 1. The lowest BCUT2D eigenvalue weighted by molar-refractivity contribution is -0.138. The molecule has 1 saturated heterocycles. The highest BCUT2D eigenvalue weighted by atomic mass is 35.5. The SMILES string of the molecule is Cc1cc(O[C@H](C)C(=O)N2CCN(c3ccccc3)CC2)ccc1Cl. The maximum atomic E-state index is 12.7. The first-order chi connectivity index (χ1) is 12.0. The largest absolute Gasteiger partial charge is 0.481 e. The second-order valence-electron chi connectivity index (χ2n) is 6.32. The van der Waals surface area contributed by atoms with E-state index in [1.165, 1.54) is 5.69 Å². The Morgan fingerprint density at radius 3 is 2.40 bits per heavy atom. The highest BCUT2D eigenvalue weighted by Gasteiger charge is 2.26. The van der Waals surface area contributed by atoms with Crippen LogP contribution in [0, 0.1) is 6.92 Å². The van der Waals surface area contributed by atoms with Crippen molar-refractivity contribution >= 4 is 23.2 Å². The van der Waals surface area contributed by atoms with Crippen molar-refractivity contribution in [3.63, 3.8) is 0 Å². The summed E-state index contributed by atoms with van der Waals surface area (Å²) in [6.45, 7) is 6.81. The molecule has 1 aliphatic heterocycles. The van der Waals surface area contributed by atoms with Crippen LogP contribution in [0.1, 0.15) is 12.5 Å². The predicted molar refractivity (Wildman–Crippen MR) is 102 cm³/mol. The van der Waals surface area contributed by atoms with Crippen LogP contribution >= 0.6 is 11.6 Å². The summed E-state index contributed by atoms with van der Waals surface area (Å²) in [4.78, 5) is 16.8. The number of para-hydroxylation sites is 1. The van der Waals surface area contributed by atoms with E-state index in [0.717, 1.165) is 18.7 Å². The number of anilines is 1. The summed E-state index contributed by atoms with van der Waals surface area (Å²) in [5, 5.41) is 0.698. The fourth-order valence-corrected chi connectivity index (χ4v) is 3.14. The van der Waals surface area contributed by atoms with Crippen LogP contribution in [0.15, 0.2) is 48.5 Å². The Hall–Kier alpha value is -2.20. The predicted octanol–water partition coefficient (Wildman–Crippen LogP) is 3.76. The number of nitrogens with zero attached hydrogens (tertiary/aromatic N) is 2. The van der Waals surface area contributed by atoms with Crippen molar-refractivity contribution in [2.75, 3.05) is 31.1 Å². The summed E-state index contributed by atoms with van der Waals surface area (Å²) in [5.74, 6) is 0.700. The Balaban J connectivity index is 1.55. The molecule has 1 amide bonds. The zero-order chi connectivity index (χ0) is 17.8. The molecule has 0 spiro atoms. The number of hydrogen-bond donors (Lipinski definition) is 0. The molecule has 1 fully saturated rings. The van der Waals surface area contributed by atoms with E-state index in [2.05, 4.69) is 17.0 Å². The third kappa shape index (κ3) is 4.26. The van der Waals surface area contributed by atoms with Crippen LogP contribution in [-0.4, -0.2) is 43.1 Å². The van der Waals surface area contributed by atoms with Crippen LogP contribution in [0.5, 0.6) is 5.75 Å². The van der Waals surface area contributed by atoms with Crippen molar-refractivity contribution in [1.82, 2.24) is 4.90 Å². The van der Waals surface area contributed by atoms with E-state index in [-0.39, 0.29) is 5.91 Å². The Bertz CT molecular complexity index is 728. The molecular formula is C20H23ClN2O2. The third-order valence-corrected chi connectivity index (χ3v) is 4.93. The Morgan fingerprint density at radius 2 is 1.76 bits per heavy atom. The zero-order valence-corrected chi connectivity index (χ0v) is 15.4. The number of amides is 1. The Labute approximate surface area is 154 Å². The van der Waals surface area contributed by atoms with Crippen molar-refractivity contribution in [3.05, 3.63) is 59.1 Å². The van der Waals surface area contributed by atoms with Gasteiger partial charge in [0.1, 0.15) is 5.75 Å². The topological polar surface area (TPSA) is 32.8 Å². The van der Waals surface area contributed by atoms with Crippen LogP contribution in [0.3, 0.4) is 0 Å². The van der Waals surface area contributed by atoms with Gasteiger partial charge in [-0.1, -0.05) is 29.8 Å². The number of hydrogen-bond acceptors (Lipinski definition) is 3. The van der Waals surface area contributed by atoms with Crippen molar-refractivity contribution in [2.45, 2.75) is 20.0 Å². The molecule has 4 nitrogen and oxygen atoms in total. The summed E-state index contributed by atoms with van der Waals surface area (Å²) < 4.78 is 5.81. The molecule has 2 aromatic rings. The molecular weight excluding hydrogens is 336 g/mol. The number of piperazine rings is 1. The molecule has 5 heteroatoms. The fourth-order valence-electron chi connectivity index (χ4n) is 3.03. The number of carbonyl (C=O) groups excluding carboxylic acids is 1. The molecule has 1 heterocycles. The minimum Gasteiger partial charge on any atom is -0.481 e. The average molecular weight is 359 g/mol. The molecule has 3 rings (SSSR count). The molecule has 132 valence electrons. The first-order valence-corrected chi connectivity index (χ1v) is 8.94. The number of rotatable bonds is 4. The van der Waals surface area contributed by atoms with Gasteiger partial charge in [0, 0.05) is 36.9 Å². The van der Waals surface area contributed by atoms with E-state index in [0.29, 0.717) is 23.9 Å². The number of carbonyl (C=O) groups is 1. The second-order valence-corrected chi connectivity index (χ2v) is 6.73. The van der Waals surface area contributed by atoms with Gasteiger partial charge in [-0.15, -0.1) is 0 Å². The molecule has 1 aliphatic rings. The number of benzene rings is 2. The van der Waals surface area contributed by atoms with Gasteiger partial charge in [-0.05, 0) is 49.7 Å². The Morgan fingerprint density at radius 1 is 1.08 bits per heavy atom. The second kappa shape index (κ2) is 7.79. The maximum Gasteiger partial charge on any atom is 0.263 e. The van der Waals surface area contributed by atoms with E-state index >= 15 is 0 Å². The van der Waals surface area contributed by atoms with Gasteiger partial charge in [-0.25, -0.2) is 0 Å². The lowest BCUT2D eigenvalue weighted by Gasteiger charge is -2.37. The average Bonchev–Trinajstić information content (AvgIpc) is 2.65. The zero-order valence-electron chi connectivity index (χ0n) is 14.6. The number of ether oxygens (including phenoxy) is 1. The van der Waals surface area contributed by atoms with E-state index in [9.17, 15) is 4.79 Å². The lowest BCUT2D eigenvalue weighted by Crippen LogP contribution is -2.52. The van der Waals surface area contributed by atoms with Crippen LogP contribution < -0.4 is 9.64 Å². The number of aryl methyl sites for hydroxylation is 1. The van der Waals surface area contributed by atoms with Gasteiger partial charge in [0.05, 0.1) is 0 Å². The van der Waals surface area contributed by atoms with Crippen LogP contribution in [-0.2, 0) is 4.79 Å². The van der Waals surface area contributed by atoms with Crippen LogP contribution in [0.25, 0.3) is 0 Å². The molecule has 0 bridgehead atoms. The van der Waals surface area contributed by atoms with Gasteiger partial charge in [0.25, 0.3) is 5.91 Å². The van der Waals surface area contributed by atoms with Crippen LogP contribution in [0.4, 0.5) is 5.69 Å². The smallest absolute Gasteiger partial charge is 0.263 e. The molecule has 0 aliphatic carbocycles. The minimum atomic E-state index is -0.510.